The molecule has 0 aliphatic rings. The SMILES string of the molecule is C=C(O)c1ccc(S(=O)(=O)Cl)cc1. The predicted molar refractivity (Wildman–Crippen MR) is 51.1 cm³/mol. The number of rotatable bonds is 2. The van der Waals surface area contributed by atoms with E-state index < -0.39 is 9.05 Å². The van der Waals surface area contributed by atoms with E-state index in [-0.39, 0.29) is 10.7 Å². The number of aliphatic hydroxyl groups excluding tert-OH is 1. The number of hydrogen-bond acceptors (Lipinski definition) is 3. The summed E-state index contributed by atoms with van der Waals surface area (Å²) in [5.74, 6) is -0.112. The fourth-order valence-corrected chi connectivity index (χ4v) is 1.58. The van der Waals surface area contributed by atoms with Crippen molar-refractivity contribution >= 4 is 25.5 Å². The number of halogens is 1. The summed E-state index contributed by atoms with van der Waals surface area (Å²) in [7, 11) is 1.39. The van der Waals surface area contributed by atoms with E-state index in [1.54, 1.807) is 0 Å². The molecular weight excluding hydrogens is 212 g/mol. The summed E-state index contributed by atoms with van der Waals surface area (Å²) >= 11 is 0. The standard InChI is InChI=1S/C8H7ClO3S/c1-6(10)7-2-4-8(5-3-7)13(9,11)12/h2-5,10H,1H2. The van der Waals surface area contributed by atoms with E-state index >= 15 is 0 Å². The molecule has 0 aliphatic heterocycles. The van der Waals surface area contributed by atoms with Crippen LogP contribution in [-0.4, -0.2) is 13.5 Å². The van der Waals surface area contributed by atoms with Gasteiger partial charge in [-0.2, -0.15) is 0 Å². The molecule has 0 radical (unpaired) electrons. The van der Waals surface area contributed by atoms with Gasteiger partial charge in [-0.25, -0.2) is 8.42 Å². The van der Waals surface area contributed by atoms with Gasteiger partial charge < -0.3 is 5.11 Å². The number of hydrogen-bond donors (Lipinski definition) is 1. The van der Waals surface area contributed by atoms with Gasteiger partial charge in [-0.05, 0) is 24.3 Å². The molecule has 1 aromatic carbocycles. The first-order chi connectivity index (χ1) is 5.91. The maximum absolute atomic E-state index is 10.8. The van der Waals surface area contributed by atoms with Gasteiger partial charge in [0.25, 0.3) is 9.05 Å². The van der Waals surface area contributed by atoms with Crippen LogP contribution in [0.5, 0.6) is 0 Å². The molecule has 0 spiro atoms. The molecule has 3 nitrogen and oxygen atoms in total. The lowest BCUT2D eigenvalue weighted by Gasteiger charge is -1.99. The molecule has 0 atom stereocenters. The molecule has 0 heterocycles. The van der Waals surface area contributed by atoms with Gasteiger partial charge in [0.2, 0.25) is 0 Å². The molecule has 0 saturated heterocycles. The largest absolute Gasteiger partial charge is 0.508 e. The van der Waals surface area contributed by atoms with E-state index in [0.717, 1.165) is 0 Å². The molecule has 1 aromatic rings. The summed E-state index contributed by atoms with van der Waals surface area (Å²) in [6, 6.07) is 5.47. The third-order valence-electron chi connectivity index (χ3n) is 1.47. The summed E-state index contributed by atoms with van der Waals surface area (Å²) in [5, 5.41) is 8.94. The first-order valence-electron chi connectivity index (χ1n) is 3.34. The Kier molecular flexibility index (Phi) is 2.63. The zero-order chi connectivity index (χ0) is 10.1. The highest BCUT2D eigenvalue weighted by atomic mass is 35.7. The van der Waals surface area contributed by atoms with Crippen LogP contribution in [0.1, 0.15) is 5.56 Å². The van der Waals surface area contributed by atoms with E-state index in [1.807, 2.05) is 0 Å². The summed E-state index contributed by atoms with van der Waals surface area (Å²) in [5.41, 5.74) is 0.462. The Morgan fingerprint density at radius 2 is 1.77 bits per heavy atom. The Morgan fingerprint density at radius 3 is 2.08 bits per heavy atom. The van der Waals surface area contributed by atoms with E-state index in [0.29, 0.717) is 5.56 Å². The Balaban J connectivity index is 3.16. The molecule has 0 unspecified atom stereocenters. The van der Waals surface area contributed by atoms with Gasteiger partial charge in [0.05, 0.1) is 4.90 Å². The van der Waals surface area contributed by atoms with Crippen LogP contribution in [0.4, 0.5) is 0 Å². The van der Waals surface area contributed by atoms with Crippen LogP contribution in [0, 0.1) is 0 Å². The van der Waals surface area contributed by atoms with Crippen LogP contribution < -0.4 is 0 Å². The second-order valence-corrected chi connectivity index (χ2v) is 4.97. The topological polar surface area (TPSA) is 54.4 Å². The highest BCUT2D eigenvalue weighted by Crippen LogP contribution is 2.17. The maximum atomic E-state index is 10.8. The molecule has 1 N–H and O–H groups in total. The Labute approximate surface area is 80.7 Å². The summed E-state index contributed by atoms with van der Waals surface area (Å²) in [6.45, 7) is 3.29. The highest BCUT2D eigenvalue weighted by Gasteiger charge is 2.08. The summed E-state index contributed by atoms with van der Waals surface area (Å²) in [4.78, 5) is -0.000772. The van der Waals surface area contributed by atoms with Crippen LogP contribution in [0.15, 0.2) is 35.7 Å². The molecule has 0 aliphatic carbocycles. The maximum Gasteiger partial charge on any atom is 0.261 e. The second-order valence-electron chi connectivity index (χ2n) is 2.41. The highest BCUT2D eigenvalue weighted by molar-refractivity contribution is 8.13. The van der Waals surface area contributed by atoms with Crippen molar-refractivity contribution in [3.8, 4) is 0 Å². The van der Waals surface area contributed by atoms with E-state index in [1.165, 1.54) is 24.3 Å². The lowest BCUT2D eigenvalue weighted by molar-refractivity contribution is 0.513. The molecule has 70 valence electrons. The average molecular weight is 219 g/mol. The molecule has 0 bridgehead atoms. The first kappa shape index (κ1) is 10.1. The van der Waals surface area contributed by atoms with Crippen LogP contribution in [0.2, 0.25) is 0 Å². The molecule has 0 amide bonds. The fraction of sp³-hybridized carbons (Fsp3) is 0. The quantitative estimate of drug-likeness (QED) is 0.611. The van der Waals surface area contributed by atoms with Gasteiger partial charge in [0.15, 0.2) is 0 Å². The van der Waals surface area contributed by atoms with Crippen LogP contribution in [0.25, 0.3) is 5.76 Å². The first-order valence-corrected chi connectivity index (χ1v) is 5.65. The van der Waals surface area contributed by atoms with Crippen LogP contribution >= 0.6 is 10.7 Å². The van der Waals surface area contributed by atoms with Gasteiger partial charge in [0, 0.05) is 16.2 Å². The summed E-state index contributed by atoms with van der Waals surface area (Å²) < 4.78 is 21.6. The van der Waals surface area contributed by atoms with E-state index in [2.05, 4.69) is 6.58 Å². The number of benzene rings is 1. The van der Waals surface area contributed by atoms with Gasteiger partial charge in [-0.3, -0.25) is 0 Å². The van der Waals surface area contributed by atoms with Crippen molar-refractivity contribution in [2.24, 2.45) is 0 Å². The van der Waals surface area contributed by atoms with Crippen molar-refractivity contribution in [3.63, 3.8) is 0 Å². The smallest absolute Gasteiger partial charge is 0.261 e. The van der Waals surface area contributed by atoms with Crippen LogP contribution in [-0.2, 0) is 9.05 Å². The third kappa shape index (κ3) is 2.47. The lowest BCUT2D eigenvalue weighted by atomic mass is 10.2. The van der Waals surface area contributed by atoms with Gasteiger partial charge in [-0.1, -0.05) is 6.58 Å². The predicted octanol–water partition coefficient (Wildman–Crippen LogP) is 2.14. The fourth-order valence-electron chi connectivity index (χ4n) is 0.810. The Morgan fingerprint density at radius 1 is 1.31 bits per heavy atom. The molecule has 13 heavy (non-hydrogen) atoms. The minimum Gasteiger partial charge on any atom is -0.508 e. The van der Waals surface area contributed by atoms with Gasteiger partial charge >= 0.3 is 0 Å². The van der Waals surface area contributed by atoms with E-state index in [4.69, 9.17) is 15.8 Å². The molecule has 0 saturated carbocycles. The summed E-state index contributed by atoms with van der Waals surface area (Å²) in [6.07, 6.45) is 0. The Bertz CT molecular complexity index is 419. The van der Waals surface area contributed by atoms with Crippen molar-refractivity contribution in [2.45, 2.75) is 4.90 Å². The van der Waals surface area contributed by atoms with Crippen molar-refractivity contribution in [1.29, 1.82) is 0 Å². The van der Waals surface area contributed by atoms with Crippen LogP contribution in [0.3, 0.4) is 0 Å². The van der Waals surface area contributed by atoms with Crippen molar-refractivity contribution < 1.29 is 13.5 Å². The van der Waals surface area contributed by atoms with Gasteiger partial charge in [0.1, 0.15) is 5.76 Å². The zero-order valence-corrected chi connectivity index (χ0v) is 8.14. The minimum absolute atomic E-state index is 0.000772. The second kappa shape index (κ2) is 3.40. The van der Waals surface area contributed by atoms with Crippen molar-refractivity contribution in [2.75, 3.05) is 0 Å². The van der Waals surface area contributed by atoms with Crippen molar-refractivity contribution in [1.82, 2.24) is 0 Å². The number of aliphatic hydroxyl groups is 1. The van der Waals surface area contributed by atoms with Gasteiger partial charge in [-0.15, -0.1) is 0 Å². The lowest BCUT2D eigenvalue weighted by Crippen LogP contribution is -1.90. The normalized spacial score (nSPS) is 11.2. The van der Waals surface area contributed by atoms with E-state index in [9.17, 15) is 8.42 Å². The molecular formula is C8H7ClO3S. The molecule has 5 heteroatoms. The third-order valence-corrected chi connectivity index (χ3v) is 2.84. The molecule has 1 rings (SSSR count). The zero-order valence-electron chi connectivity index (χ0n) is 6.57. The van der Waals surface area contributed by atoms with Crippen molar-refractivity contribution in [3.05, 3.63) is 36.4 Å². The Hall–Kier alpha value is -1.00. The molecule has 0 aromatic heterocycles. The monoisotopic (exact) mass is 218 g/mol. The molecule has 0 fully saturated rings. The minimum atomic E-state index is -3.68. The average Bonchev–Trinajstić information content (AvgIpc) is 2.03.